The summed E-state index contributed by atoms with van der Waals surface area (Å²) in [4.78, 5) is 80.1. The molecule has 0 spiro atoms. The molecule has 2 heterocycles. The van der Waals surface area contributed by atoms with Crippen LogP contribution in [0, 0.1) is 0 Å². The van der Waals surface area contributed by atoms with Crippen molar-refractivity contribution in [3.63, 3.8) is 0 Å². The number of benzene rings is 1. The van der Waals surface area contributed by atoms with Gasteiger partial charge < -0.3 is 38.2 Å². The first-order chi connectivity index (χ1) is 21.5. The second-order valence-corrected chi connectivity index (χ2v) is 9.37. The summed E-state index contributed by atoms with van der Waals surface area (Å²) in [5.74, 6) is -6.00. The Labute approximate surface area is 259 Å². The Morgan fingerprint density at radius 2 is 1.40 bits per heavy atom. The van der Waals surface area contributed by atoms with Gasteiger partial charge in [-0.15, -0.1) is 0 Å². The van der Waals surface area contributed by atoms with Gasteiger partial charge in [-0.3, -0.25) is 0 Å². The number of nitrogens with zero attached hydrogens (tertiary/aromatic N) is 1. The van der Waals surface area contributed by atoms with Crippen LogP contribution in [0.4, 0.5) is 0 Å². The summed E-state index contributed by atoms with van der Waals surface area (Å²) in [5, 5.41) is 2.81. The quantitative estimate of drug-likeness (QED) is 0.234. The van der Waals surface area contributed by atoms with Crippen molar-refractivity contribution in [1.29, 1.82) is 0 Å². The van der Waals surface area contributed by atoms with Crippen molar-refractivity contribution < 1.29 is 61.6 Å². The zero-order valence-corrected chi connectivity index (χ0v) is 25.5. The molecule has 45 heavy (non-hydrogen) atoms. The Balaban J connectivity index is 2.55. The standard InChI is InChI=1S/C29H26N2O13S/c1-38-20(32)12-17(27(35)41-4)30-24-23-15(14-9-7-8-10-19(14)44-24)11-16(26(34)40-3)22(29(37)43-6)25(45-23)31-18(28(36)42-5)13-21(33)39-2/h7-13,31H,1-6H3/b17-12+,18-13-,30-24?. The molecule has 1 aliphatic heterocycles. The van der Waals surface area contributed by atoms with Gasteiger partial charge in [0.25, 0.3) is 0 Å². The average molecular weight is 643 g/mol. The Morgan fingerprint density at radius 3 is 2.00 bits per heavy atom. The van der Waals surface area contributed by atoms with Crippen molar-refractivity contribution in [3.05, 3.63) is 75.1 Å². The number of hydrogen-bond acceptors (Lipinski definition) is 16. The van der Waals surface area contributed by atoms with Crippen LogP contribution in [-0.2, 0) is 57.2 Å². The van der Waals surface area contributed by atoms with E-state index in [0.717, 1.165) is 54.8 Å². The lowest BCUT2D eigenvalue weighted by Gasteiger charge is -2.16. The average Bonchev–Trinajstić information content (AvgIpc) is 3.23. The first kappa shape index (κ1) is 33.9. The Morgan fingerprint density at radius 1 is 0.778 bits per heavy atom. The first-order valence-electron chi connectivity index (χ1n) is 12.5. The van der Waals surface area contributed by atoms with Crippen LogP contribution >= 0.6 is 11.8 Å². The van der Waals surface area contributed by atoms with Crippen molar-refractivity contribution in [2.45, 2.75) is 4.90 Å². The van der Waals surface area contributed by atoms with E-state index in [9.17, 15) is 28.8 Å². The fourth-order valence-electron chi connectivity index (χ4n) is 3.71. The normalized spacial score (nSPS) is 13.6. The number of para-hydroxylation sites is 1. The molecule has 15 nitrogen and oxygen atoms in total. The maximum atomic E-state index is 13.2. The van der Waals surface area contributed by atoms with Gasteiger partial charge in [-0.25, -0.2) is 33.8 Å². The van der Waals surface area contributed by atoms with Crippen LogP contribution in [0.3, 0.4) is 0 Å². The lowest BCUT2D eigenvalue weighted by molar-refractivity contribution is -0.139. The van der Waals surface area contributed by atoms with Crippen LogP contribution in [0.1, 0.15) is 5.56 Å². The van der Waals surface area contributed by atoms with Gasteiger partial charge in [-0.2, -0.15) is 0 Å². The molecule has 0 atom stereocenters. The van der Waals surface area contributed by atoms with E-state index in [0.29, 0.717) is 17.1 Å². The van der Waals surface area contributed by atoms with E-state index in [2.05, 4.69) is 19.8 Å². The molecule has 0 fully saturated rings. The summed E-state index contributed by atoms with van der Waals surface area (Å²) < 4.78 is 34.7. The topological polar surface area (TPSA) is 195 Å². The lowest BCUT2D eigenvalue weighted by Crippen LogP contribution is -2.26. The number of esters is 6. The van der Waals surface area contributed by atoms with E-state index in [1.54, 1.807) is 24.3 Å². The number of thioether (sulfide) groups is 1. The summed E-state index contributed by atoms with van der Waals surface area (Å²) in [7, 11) is 6.42. The second kappa shape index (κ2) is 15.2. The van der Waals surface area contributed by atoms with Crippen LogP contribution in [0.2, 0.25) is 0 Å². The van der Waals surface area contributed by atoms with Gasteiger partial charge in [0.2, 0.25) is 5.55 Å². The molecular weight excluding hydrogens is 616 g/mol. The van der Waals surface area contributed by atoms with Crippen molar-refractivity contribution in [3.8, 4) is 0 Å². The van der Waals surface area contributed by atoms with E-state index in [1.165, 1.54) is 6.08 Å². The van der Waals surface area contributed by atoms with Crippen LogP contribution in [0.15, 0.2) is 78.3 Å². The largest absolute Gasteiger partial charge is 0.466 e. The summed E-state index contributed by atoms with van der Waals surface area (Å²) in [5.41, 5.74) is -1.61. The number of fused-ring (bicyclic) bond motifs is 3. The Kier molecular flexibility index (Phi) is 11.4. The minimum absolute atomic E-state index is 0.0680. The third kappa shape index (κ3) is 7.66. The summed E-state index contributed by atoms with van der Waals surface area (Å²) in [6.45, 7) is 0. The molecule has 236 valence electrons. The summed E-state index contributed by atoms with van der Waals surface area (Å²) in [6.07, 6.45) is 2.82. The highest BCUT2D eigenvalue weighted by Crippen LogP contribution is 2.39. The molecule has 0 amide bonds. The monoisotopic (exact) mass is 642 g/mol. The number of ether oxygens (including phenoxy) is 6. The second-order valence-electron chi connectivity index (χ2n) is 8.35. The highest BCUT2D eigenvalue weighted by atomic mass is 32.2. The van der Waals surface area contributed by atoms with Crippen LogP contribution < -0.4 is 10.9 Å². The number of carbonyl (C=O) groups is 6. The minimum atomic E-state index is -1.05. The molecule has 0 saturated carbocycles. The van der Waals surface area contributed by atoms with Gasteiger partial charge in [0, 0.05) is 10.9 Å². The molecule has 1 aliphatic rings. The van der Waals surface area contributed by atoms with Gasteiger partial charge in [-0.05, 0) is 12.1 Å². The molecule has 0 saturated heterocycles. The number of methoxy groups -OCH3 is 6. The summed E-state index contributed by atoms with van der Waals surface area (Å²) in [6, 6.07) is 6.54. The Hall–Kier alpha value is -5.64. The van der Waals surface area contributed by atoms with E-state index in [4.69, 9.17) is 23.4 Å². The predicted octanol–water partition coefficient (Wildman–Crippen LogP) is 1.43. The number of hydrogen-bond donors (Lipinski definition) is 1. The fraction of sp³-hybridized carbons (Fsp3) is 0.207. The number of rotatable bonds is 9. The van der Waals surface area contributed by atoms with Crippen molar-refractivity contribution in [2.24, 2.45) is 4.99 Å². The van der Waals surface area contributed by atoms with E-state index in [1.807, 2.05) is 0 Å². The highest BCUT2D eigenvalue weighted by Gasteiger charge is 2.33. The van der Waals surface area contributed by atoms with Gasteiger partial charge in [0.05, 0.1) is 70.3 Å². The SMILES string of the molecule is COC(=O)/C=C(\NC1=C(C(=O)OC)C(C(=O)OC)=Cc2c(c(=N/C(=C/C(=O)OC)C(=O)OC)oc3ccccc23)S1)C(=O)OC. The zero-order valence-electron chi connectivity index (χ0n) is 24.7. The van der Waals surface area contributed by atoms with Gasteiger partial charge in [-0.1, -0.05) is 30.0 Å². The van der Waals surface area contributed by atoms with Crippen molar-refractivity contribution in [1.82, 2.24) is 5.32 Å². The highest BCUT2D eigenvalue weighted by molar-refractivity contribution is 8.03. The van der Waals surface area contributed by atoms with Crippen LogP contribution in [0.5, 0.6) is 0 Å². The molecule has 0 bridgehead atoms. The lowest BCUT2D eigenvalue weighted by atomic mass is 10.0. The molecule has 1 N–H and O–H groups in total. The van der Waals surface area contributed by atoms with E-state index >= 15 is 0 Å². The summed E-state index contributed by atoms with van der Waals surface area (Å²) >= 11 is 0.704. The predicted molar refractivity (Wildman–Crippen MR) is 154 cm³/mol. The molecule has 0 radical (unpaired) electrons. The van der Waals surface area contributed by atoms with E-state index in [-0.39, 0.29) is 32.2 Å². The smallest absolute Gasteiger partial charge is 0.357 e. The Bertz CT molecular complexity index is 1780. The third-order valence-electron chi connectivity index (χ3n) is 5.80. The van der Waals surface area contributed by atoms with Gasteiger partial charge in [0.1, 0.15) is 16.9 Å². The maximum Gasteiger partial charge on any atom is 0.357 e. The van der Waals surface area contributed by atoms with Gasteiger partial charge >= 0.3 is 35.8 Å². The maximum absolute atomic E-state index is 13.2. The third-order valence-corrected chi connectivity index (χ3v) is 6.90. The van der Waals surface area contributed by atoms with Crippen molar-refractivity contribution in [2.75, 3.05) is 42.7 Å². The van der Waals surface area contributed by atoms with Crippen molar-refractivity contribution >= 4 is 64.6 Å². The molecule has 2 aromatic rings. The number of carbonyl (C=O) groups excluding carboxylic acids is 6. The molecule has 1 aromatic heterocycles. The molecule has 16 heteroatoms. The molecular formula is C29H26N2O13S. The molecule has 3 rings (SSSR count). The van der Waals surface area contributed by atoms with E-state index < -0.39 is 52.8 Å². The van der Waals surface area contributed by atoms with Gasteiger partial charge in [0.15, 0.2) is 5.70 Å². The fourth-order valence-corrected chi connectivity index (χ4v) is 4.83. The molecule has 0 aliphatic carbocycles. The molecule has 1 aromatic carbocycles. The zero-order chi connectivity index (χ0) is 33.3. The van der Waals surface area contributed by atoms with Crippen LogP contribution in [0.25, 0.3) is 17.0 Å². The first-order valence-corrected chi connectivity index (χ1v) is 13.3. The minimum Gasteiger partial charge on any atom is -0.466 e. The number of nitrogens with one attached hydrogen (secondary N) is 1. The van der Waals surface area contributed by atoms with Crippen LogP contribution in [-0.4, -0.2) is 78.5 Å². The molecule has 0 unspecified atom stereocenters.